The third kappa shape index (κ3) is 9.43. The van der Waals surface area contributed by atoms with Gasteiger partial charge in [0, 0.05) is 42.2 Å². The van der Waals surface area contributed by atoms with Gasteiger partial charge in [0.15, 0.2) is 0 Å². The van der Waals surface area contributed by atoms with E-state index in [1.165, 1.54) is 42.7 Å². The van der Waals surface area contributed by atoms with Gasteiger partial charge >= 0.3 is 6.03 Å². The number of anilines is 2. The number of rotatable bonds is 14. The Bertz CT molecular complexity index is 1470. The summed E-state index contributed by atoms with van der Waals surface area (Å²) >= 11 is 0. The zero-order chi connectivity index (χ0) is 30.4. The molecule has 0 saturated heterocycles. The highest BCUT2D eigenvalue weighted by Gasteiger charge is 2.17. The van der Waals surface area contributed by atoms with Gasteiger partial charge < -0.3 is 15.4 Å². The van der Waals surface area contributed by atoms with Gasteiger partial charge in [0.25, 0.3) is 11.6 Å². The Morgan fingerprint density at radius 2 is 1.49 bits per heavy atom. The Hall–Kier alpha value is -5.18. The van der Waals surface area contributed by atoms with Gasteiger partial charge in [-0.3, -0.25) is 19.8 Å². The molecule has 43 heavy (non-hydrogen) atoms. The van der Waals surface area contributed by atoms with E-state index in [2.05, 4.69) is 17.6 Å². The minimum Gasteiger partial charge on any atom is -0.457 e. The van der Waals surface area contributed by atoms with Crippen LogP contribution in [0.3, 0.4) is 0 Å². The molecular formula is C34H36N4O5. The smallest absolute Gasteiger partial charge is 0.326 e. The van der Waals surface area contributed by atoms with E-state index in [0.29, 0.717) is 47.9 Å². The highest BCUT2D eigenvalue weighted by molar-refractivity contribution is 6.01. The highest BCUT2D eigenvalue weighted by atomic mass is 16.6. The van der Waals surface area contributed by atoms with Crippen LogP contribution in [0.2, 0.25) is 0 Å². The summed E-state index contributed by atoms with van der Waals surface area (Å²) in [6.45, 7) is 2.86. The van der Waals surface area contributed by atoms with Gasteiger partial charge in [-0.15, -0.1) is 0 Å². The van der Waals surface area contributed by atoms with Crippen LogP contribution < -0.4 is 20.3 Å². The number of carbonyl (C=O) groups is 2. The fourth-order valence-corrected chi connectivity index (χ4v) is 4.47. The maximum Gasteiger partial charge on any atom is 0.326 e. The molecule has 4 aromatic carbocycles. The van der Waals surface area contributed by atoms with Gasteiger partial charge in [-0.25, -0.2) is 4.79 Å². The maximum atomic E-state index is 13.3. The van der Waals surface area contributed by atoms with E-state index in [-0.39, 0.29) is 11.6 Å². The van der Waals surface area contributed by atoms with Crippen LogP contribution in [0, 0.1) is 10.1 Å². The summed E-state index contributed by atoms with van der Waals surface area (Å²) in [7, 11) is 0. The fraction of sp³-hybridized carbons (Fsp3) is 0.235. The molecule has 4 rings (SSSR count). The van der Waals surface area contributed by atoms with E-state index in [1.54, 1.807) is 29.2 Å². The predicted molar refractivity (Wildman–Crippen MR) is 169 cm³/mol. The monoisotopic (exact) mass is 580 g/mol. The van der Waals surface area contributed by atoms with Crippen LogP contribution in [-0.4, -0.2) is 30.0 Å². The number of urea groups is 1. The van der Waals surface area contributed by atoms with Crippen LogP contribution >= 0.6 is 0 Å². The molecule has 0 unspecified atom stereocenters. The molecule has 0 aliphatic heterocycles. The number of benzene rings is 4. The van der Waals surface area contributed by atoms with Crippen molar-refractivity contribution in [3.05, 3.63) is 124 Å². The average Bonchev–Trinajstić information content (AvgIpc) is 3.02. The summed E-state index contributed by atoms with van der Waals surface area (Å²) in [5.41, 5.74) is 2.81. The molecule has 4 aromatic rings. The van der Waals surface area contributed by atoms with Gasteiger partial charge in [-0.1, -0.05) is 50.1 Å². The second-order valence-electron chi connectivity index (χ2n) is 10.1. The molecule has 0 aromatic heterocycles. The Kier molecular flexibility index (Phi) is 11.2. The normalized spacial score (nSPS) is 10.5. The average molecular weight is 581 g/mol. The molecule has 3 amide bonds. The van der Waals surface area contributed by atoms with Gasteiger partial charge in [0.05, 0.1) is 4.92 Å². The number of hydrogen-bond donors (Lipinski definition) is 2. The molecule has 0 spiro atoms. The first-order chi connectivity index (χ1) is 20.9. The number of ether oxygens (including phenoxy) is 1. The van der Waals surface area contributed by atoms with Crippen LogP contribution in [0.25, 0.3) is 0 Å². The van der Waals surface area contributed by atoms with Gasteiger partial charge in [0.1, 0.15) is 11.5 Å². The molecule has 0 aliphatic carbocycles. The standard InChI is InChI=1S/C34H36N4O5/c1-2-3-5-9-26-12-14-27(15-13-26)33(39)35-24-8-25-37(34(40)36-28-16-18-30(19-17-28)38(41)42)29-20-22-32(23-21-29)43-31-10-6-4-7-11-31/h4,6-7,10-23H,2-3,5,8-9,24-25H2,1H3,(H,35,39)(H,36,40). The number of amides is 3. The Morgan fingerprint density at radius 1 is 0.814 bits per heavy atom. The van der Waals surface area contributed by atoms with Crippen molar-refractivity contribution in [1.29, 1.82) is 0 Å². The van der Waals surface area contributed by atoms with Crippen LogP contribution in [0.15, 0.2) is 103 Å². The maximum absolute atomic E-state index is 13.3. The van der Waals surface area contributed by atoms with Crippen LogP contribution in [0.1, 0.15) is 48.5 Å². The Morgan fingerprint density at radius 3 is 2.14 bits per heavy atom. The molecule has 0 atom stereocenters. The summed E-state index contributed by atoms with van der Waals surface area (Å²) in [5.74, 6) is 1.16. The van der Waals surface area contributed by atoms with Crippen molar-refractivity contribution in [2.24, 2.45) is 0 Å². The third-order valence-electron chi connectivity index (χ3n) is 6.83. The van der Waals surface area contributed by atoms with Crippen molar-refractivity contribution in [3.8, 4) is 11.5 Å². The predicted octanol–water partition coefficient (Wildman–Crippen LogP) is 7.98. The van der Waals surface area contributed by atoms with Crippen molar-refractivity contribution < 1.29 is 19.2 Å². The molecule has 222 valence electrons. The first kappa shape index (κ1) is 30.8. The quantitative estimate of drug-likeness (QED) is 0.0892. The van der Waals surface area contributed by atoms with Gasteiger partial charge in [-0.05, 0) is 85.5 Å². The number of aryl methyl sites for hydroxylation is 1. The van der Waals surface area contributed by atoms with Crippen molar-refractivity contribution in [2.45, 2.75) is 39.0 Å². The summed E-state index contributed by atoms with van der Waals surface area (Å²) in [6, 6.07) is 29.5. The lowest BCUT2D eigenvalue weighted by molar-refractivity contribution is -0.384. The van der Waals surface area contributed by atoms with Gasteiger partial charge in [-0.2, -0.15) is 0 Å². The van der Waals surface area contributed by atoms with Crippen LogP contribution in [-0.2, 0) is 6.42 Å². The number of nitrogens with zero attached hydrogens (tertiary/aromatic N) is 2. The van der Waals surface area contributed by atoms with Crippen molar-refractivity contribution >= 4 is 29.0 Å². The minimum absolute atomic E-state index is 0.0641. The lowest BCUT2D eigenvalue weighted by Crippen LogP contribution is -2.37. The number of nitro benzene ring substituents is 1. The van der Waals surface area contributed by atoms with Crippen LogP contribution in [0.4, 0.5) is 21.9 Å². The zero-order valence-electron chi connectivity index (χ0n) is 24.2. The summed E-state index contributed by atoms with van der Waals surface area (Å²) in [5, 5.41) is 16.7. The topological polar surface area (TPSA) is 114 Å². The molecular weight excluding hydrogens is 544 g/mol. The number of carbonyl (C=O) groups excluding carboxylic acids is 2. The Balaban J connectivity index is 1.38. The van der Waals surface area contributed by atoms with E-state index in [1.807, 2.05) is 54.6 Å². The number of nitrogens with one attached hydrogen (secondary N) is 2. The van der Waals surface area contributed by atoms with Crippen molar-refractivity contribution in [3.63, 3.8) is 0 Å². The third-order valence-corrected chi connectivity index (χ3v) is 6.83. The summed E-state index contributed by atoms with van der Waals surface area (Å²) < 4.78 is 5.88. The Labute approximate surface area is 251 Å². The van der Waals surface area contributed by atoms with Crippen molar-refractivity contribution in [2.75, 3.05) is 23.3 Å². The number of para-hydroxylation sites is 1. The molecule has 0 radical (unpaired) electrons. The highest BCUT2D eigenvalue weighted by Crippen LogP contribution is 2.25. The molecule has 0 saturated carbocycles. The zero-order valence-corrected chi connectivity index (χ0v) is 24.2. The number of hydrogen-bond acceptors (Lipinski definition) is 5. The molecule has 0 bridgehead atoms. The number of non-ortho nitro benzene ring substituents is 1. The second kappa shape index (κ2) is 15.7. The first-order valence-electron chi connectivity index (χ1n) is 14.5. The molecule has 0 fully saturated rings. The van der Waals surface area contributed by atoms with E-state index < -0.39 is 11.0 Å². The lowest BCUT2D eigenvalue weighted by atomic mass is 10.1. The fourth-order valence-electron chi connectivity index (χ4n) is 4.47. The van der Waals surface area contributed by atoms with Crippen LogP contribution in [0.5, 0.6) is 11.5 Å². The summed E-state index contributed by atoms with van der Waals surface area (Å²) in [6.07, 6.45) is 5.00. The number of unbranched alkanes of at least 4 members (excludes halogenated alkanes) is 2. The largest absolute Gasteiger partial charge is 0.457 e. The van der Waals surface area contributed by atoms with Gasteiger partial charge in [0.2, 0.25) is 0 Å². The summed E-state index contributed by atoms with van der Waals surface area (Å²) in [4.78, 5) is 38.1. The molecule has 2 N–H and O–H groups in total. The van der Waals surface area contributed by atoms with Crippen molar-refractivity contribution in [1.82, 2.24) is 5.32 Å². The molecule has 9 nitrogen and oxygen atoms in total. The van der Waals surface area contributed by atoms with E-state index in [9.17, 15) is 19.7 Å². The second-order valence-corrected chi connectivity index (χ2v) is 10.1. The van der Waals surface area contributed by atoms with E-state index in [0.717, 1.165) is 12.8 Å². The molecule has 0 aliphatic rings. The molecule has 0 heterocycles. The SMILES string of the molecule is CCCCCc1ccc(C(=O)NCCCN(C(=O)Nc2ccc([N+](=O)[O-])cc2)c2ccc(Oc3ccccc3)cc2)cc1. The molecule has 9 heteroatoms. The first-order valence-corrected chi connectivity index (χ1v) is 14.5. The minimum atomic E-state index is -0.493. The number of nitro groups is 1. The van der Waals surface area contributed by atoms with E-state index in [4.69, 9.17) is 4.74 Å². The lowest BCUT2D eigenvalue weighted by Gasteiger charge is -2.24. The van der Waals surface area contributed by atoms with E-state index >= 15 is 0 Å².